The number of hydrogen-bond acceptors (Lipinski definition) is 1. The Labute approximate surface area is 103 Å². The third-order valence-corrected chi connectivity index (χ3v) is 4.21. The fourth-order valence-corrected chi connectivity index (χ4v) is 3.36. The predicted molar refractivity (Wildman–Crippen MR) is 69.5 cm³/mol. The molecule has 1 nitrogen and oxygen atoms in total. The molecule has 15 heavy (non-hydrogen) atoms. The van der Waals surface area contributed by atoms with E-state index in [-0.39, 0.29) is 5.60 Å². The van der Waals surface area contributed by atoms with Crippen molar-refractivity contribution in [1.82, 2.24) is 0 Å². The van der Waals surface area contributed by atoms with E-state index in [0.29, 0.717) is 10.9 Å². The van der Waals surface area contributed by atoms with Crippen molar-refractivity contribution < 1.29 is 4.74 Å². The Balaban J connectivity index is 2.46. The Hall–Kier alpha value is 0.440. The Morgan fingerprint density at radius 1 is 1.33 bits per heavy atom. The topological polar surface area (TPSA) is 9.23 Å². The maximum atomic E-state index is 6.06. The summed E-state index contributed by atoms with van der Waals surface area (Å²) in [6.07, 6.45) is 4.12. The number of halogens is 1. The molecule has 3 unspecified atom stereocenters. The van der Waals surface area contributed by atoms with Gasteiger partial charge >= 0.3 is 0 Å². The molecule has 1 rings (SSSR count). The minimum absolute atomic E-state index is 0.113. The minimum atomic E-state index is 0.113. The van der Waals surface area contributed by atoms with Crippen molar-refractivity contribution in [3.63, 3.8) is 0 Å². The lowest BCUT2D eigenvalue weighted by Crippen LogP contribution is -2.26. The van der Waals surface area contributed by atoms with Crippen LogP contribution < -0.4 is 0 Å². The second kappa shape index (κ2) is 5.18. The van der Waals surface area contributed by atoms with Gasteiger partial charge in [0.15, 0.2) is 0 Å². The van der Waals surface area contributed by atoms with Gasteiger partial charge in [0.2, 0.25) is 0 Å². The van der Waals surface area contributed by atoms with Gasteiger partial charge in [0.1, 0.15) is 0 Å². The Morgan fingerprint density at radius 3 is 2.27 bits per heavy atom. The van der Waals surface area contributed by atoms with Crippen LogP contribution in [0, 0.1) is 11.8 Å². The summed E-state index contributed by atoms with van der Waals surface area (Å²) in [5.74, 6) is 1.45. The zero-order valence-electron chi connectivity index (χ0n) is 10.7. The maximum Gasteiger partial charge on any atom is 0.0631 e. The van der Waals surface area contributed by atoms with E-state index in [9.17, 15) is 0 Å². The highest BCUT2D eigenvalue weighted by atomic mass is 79.9. The standard InChI is InChI=1S/C13H25BrO/c1-9(2)12(10(3)14)8-11-6-7-13(4,5)15-11/h9-12H,6-8H2,1-5H3. The SMILES string of the molecule is CC(C)C(CC1CCC(C)(C)O1)C(C)Br. The number of alkyl halides is 1. The monoisotopic (exact) mass is 276 g/mol. The average molecular weight is 277 g/mol. The quantitative estimate of drug-likeness (QED) is 0.692. The molecule has 1 saturated heterocycles. The molecule has 0 radical (unpaired) electrons. The van der Waals surface area contributed by atoms with Crippen LogP contribution >= 0.6 is 15.9 Å². The lowest BCUT2D eigenvalue weighted by molar-refractivity contribution is -0.0269. The smallest absolute Gasteiger partial charge is 0.0631 e. The first kappa shape index (κ1) is 13.5. The zero-order valence-corrected chi connectivity index (χ0v) is 12.3. The van der Waals surface area contributed by atoms with Crippen LogP contribution in [0.25, 0.3) is 0 Å². The molecule has 0 saturated carbocycles. The number of rotatable bonds is 4. The molecule has 0 aliphatic carbocycles. The van der Waals surface area contributed by atoms with E-state index in [4.69, 9.17) is 4.74 Å². The van der Waals surface area contributed by atoms with Crippen LogP contribution in [0.1, 0.15) is 53.9 Å². The molecule has 3 atom stereocenters. The molecule has 1 fully saturated rings. The second-order valence-corrected chi connectivity index (χ2v) is 7.30. The van der Waals surface area contributed by atoms with E-state index in [1.165, 1.54) is 19.3 Å². The second-order valence-electron chi connectivity index (χ2n) is 5.86. The van der Waals surface area contributed by atoms with Crippen LogP contribution in [0.2, 0.25) is 0 Å². The van der Waals surface area contributed by atoms with Crippen molar-refractivity contribution in [1.29, 1.82) is 0 Å². The van der Waals surface area contributed by atoms with Crippen molar-refractivity contribution in [3.05, 3.63) is 0 Å². The number of hydrogen-bond donors (Lipinski definition) is 0. The van der Waals surface area contributed by atoms with E-state index in [1.54, 1.807) is 0 Å². The molecule has 1 aliphatic heterocycles. The van der Waals surface area contributed by atoms with Gasteiger partial charge in [-0.1, -0.05) is 36.7 Å². The maximum absolute atomic E-state index is 6.06. The van der Waals surface area contributed by atoms with Crippen molar-refractivity contribution in [2.75, 3.05) is 0 Å². The van der Waals surface area contributed by atoms with Crippen LogP contribution in [0.5, 0.6) is 0 Å². The Morgan fingerprint density at radius 2 is 1.93 bits per heavy atom. The van der Waals surface area contributed by atoms with Gasteiger partial charge in [-0.3, -0.25) is 0 Å². The molecule has 1 heterocycles. The van der Waals surface area contributed by atoms with Gasteiger partial charge in [-0.05, 0) is 44.9 Å². The number of ether oxygens (including phenoxy) is 1. The lowest BCUT2D eigenvalue weighted by Gasteiger charge is -2.27. The summed E-state index contributed by atoms with van der Waals surface area (Å²) < 4.78 is 6.06. The van der Waals surface area contributed by atoms with Gasteiger partial charge in [-0.2, -0.15) is 0 Å². The highest BCUT2D eigenvalue weighted by Crippen LogP contribution is 2.36. The molecule has 1 aliphatic rings. The van der Waals surface area contributed by atoms with Crippen LogP contribution in [0.3, 0.4) is 0 Å². The van der Waals surface area contributed by atoms with Crippen LogP contribution in [-0.4, -0.2) is 16.5 Å². The molecular formula is C13H25BrO. The van der Waals surface area contributed by atoms with Crippen molar-refractivity contribution in [2.45, 2.75) is 70.4 Å². The van der Waals surface area contributed by atoms with Gasteiger partial charge in [-0.25, -0.2) is 0 Å². The molecule has 0 aromatic carbocycles. The summed E-state index contributed by atoms with van der Waals surface area (Å²) in [6.45, 7) is 11.3. The fraction of sp³-hybridized carbons (Fsp3) is 1.00. The first-order valence-corrected chi connectivity index (χ1v) is 7.05. The van der Waals surface area contributed by atoms with Gasteiger partial charge in [0.25, 0.3) is 0 Å². The molecule has 0 N–H and O–H groups in total. The third-order valence-electron chi connectivity index (χ3n) is 3.54. The van der Waals surface area contributed by atoms with E-state index in [2.05, 4.69) is 50.5 Å². The summed E-state index contributed by atoms with van der Waals surface area (Å²) in [4.78, 5) is 0.588. The first-order chi connectivity index (χ1) is 6.82. The van der Waals surface area contributed by atoms with E-state index < -0.39 is 0 Å². The highest BCUT2D eigenvalue weighted by molar-refractivity contribution is 9.09. The van der Waals surface area contributed by atoms with E-state index in [0.717, 1.165) is 11.8 Å². The summed E-state index contributed by atoms with van der Waals surface area (Å²) in [5, 5.41) is 0. The molecule has 0 aromatic heterocycles. The molecule has 2 heteroatoms. The van der Waals surface area contributed by atoms with Crippen LogP contribution in [0.4, 0.5) is 0 Å². The van der Waals surface area contributed by atoms with Gasteiger partial charge < -0.3 is 4.74 Å². The molecule has 0 spiro atoms. The van der Waals surface area contributed by atoms with Gasteiger partial charge in [0, 0.05) is 4.83 Å². The molecular weight excluding hydrogens is 252 g/mol. The largest absolute Gasteiger partial charge is 0.372 e. The van der Waals surface area contributed by atoms with E-state index >= 15 is 0 Å². The van der Waals surface area contributed by atoms with Crippen LogP contribution in [-0.2, 0) is 4.74 Å². The summed E-state index contributed by atoms with van der Waals surface area (Å²) in [7, 11) is 0. The normalized spacial score (nSPS) is 29.4. The molecule has 90 valence electrons. The van der Waals surface area contributed by atoms with Gasteiger partial charge in [0.05, 0.1) is 11.7 Å². The lowest BCUT2D eigenvalue weighted by atomic mass is 9.87. The minimum Gasteiger partial charge on any atom is -0.372 e. The van der Waals surface area contributed by atoms with Crippen molar-refractivity contribution in [2.24, 2.45) is 11.8 Å². The zero-order chi connectivity index (χ0) is 11.6. The van der Waals surface area contributed by atoms with Crippen molar-refractivity contribution >= 4 is 15.9 Å². The molecule has 0 aromatic rings. The van der Waals surface area contributed by atoms with E-state index in [1.807, 2.05) is 0 Å². The molecule has 0 bridgehead atoms. The third kappa shape index (κ3) is 4.07. The van der Waals surface area contributed by atoms with Crippen molar-refractivity contribution in [3.8, 4) is 0 Å². The highest BCUT2D eigenvalue weighted by Gasteiger charge is 2.34. The first-order valence-electron chi connectivity index (χ1n) is 6.14. The Kier molecular flexibility index (Phi) is 4.66. The molecule has 0 amide bonds. The fourth-order valence-electron chi connectivity index (χ4n) is 2.54. The van der Waals surface area contributed by atoms with Gasteiger partial charge in [-0.15, -0.1) is 0 Å². The summed E-state index contributed by atoms with van der Waals surface area (Å²) in [5.41, 5.74) is 0.113. The summed E-state index contributed by atoms with van der Waals surface area (Å²) >= 11 is 3.72. The predicted octanol–water partition coefficient (Wildman–Crippen LogP) is 4.39. The Bertz CT molecular complexity index is 191. The van der Waals surface area contributed by atoms with Crippen LogP contribution in [0.15, 0.2) is 0 Å². The average Bonchev–Trinajstić information content (AvgIpc) is 2.40. The summed E-state index contributed by atoms with van der Waals surface area (Å²) in [6, 6.07) is 0.